The normalized spacial score (nSPS) is 11.0. The molecule has 1 aromatic heterocycles. The second kappa shape index (κ2) is 3.10. The second-order valence-electron chi connectivity index (χ2n) is 3.85. The molecular formula is C13H10N3-. The molecule has 0 aliphatic rings. The van der Waals surface area contributed by atoms with Gasteiger partial charge in [0.25, 0.3) is 0 Å². The van der Waals surface area contributed by atoms with Crippen molar-refractivity contribution in [2.24, 2.45) is 0 Å². The van der Waals surface area contributed by atoms with Crippen LogP contribution in [0.5, 0.6) is 0 Å². The van der Waals surface area contributed by atoms with Crippen LogP contribution in [0.15, 0.2) is 42.5 Å². The monoisotopic (exact) mass is 208 g/mol. The first-order valence-electron chi connectivity index (χ1n) is 5.04. The summed E-state index contributed by atoms with van der Waals surface area (Å²) in [6, 6.07) is 13.2. The van der Waals surface area contributed by atoms with E-state index in [2.05, 4.69) is 11.1 Å². The zero-order valence-corrected chi connectivity index (χ0v) is 8.57. The smallest absolute Gasteiger partial charge is 0.0730 e. The lowest BCUT2D eigenvalue weighted by molar-refractivity contribution is 1.50. The summed E-state index contributed by atoms with van der Waals surface area (Å²) in [4.78, 5) is 4.50. The number of benzene rings is 2. The lowest BCUT2D eigenvalue weighted by Gasteiger charge is -2.06. The molecule has 0 unspecified atom stereocenters. The summed E-state index contributed by atoms with van der Waals surface area (Å²) in [6.07, 6.45) is 0. The van der Waals surface area contributed by atoms with Crippen LogP contribution in [-0.4, -0.2) is 4.98 Å². The molecule has 0 saturated carbocycles. The van der Waals surface area contributed by atoms with Gasteiger partial charge >= 0.3 is 0 Å². The fraction of sp³-hybridized carbons (Fsp3) is 0. The highest BCUT2D eigenvalue weighted by Gasteiger charge is 1.99. The molecule has 0 atom stereocenters. The third kappa shape index (κ3) is 1.34. The minimum atomic E-state index is 0.475. The number of aromatic nitrogens is 1. The number of hydrogen-bond acceptors (Lipinski definition) is 2. The van der Waals surface area contributed by atoms with Crippen molar-refractivity contribution in [3.05, 3.63) is 48.2 Å². The van der Waals surface area contributed by atoms with Crippen molar-refractivity contribution in [3.8, 4) is 0 Å². The van der Waals surface area contributed by atoms with Gasteiger partial charge in [-0.05, 0) is 18.2 Å². The minimum absolute atomic E-state index is 0.475. The quantitative estimate of drug-likeness (QED) is 0.452. The Hall–Kier alpha value is -2.29. The number of nitrogen functional groups attached to an aromatic ring is 1. The highest BCUT2D eigenvalue weighted by Crippen LogP contribution is 2.24. The van der Waals surface area contributed by atoms with Gasteiger partial charge in [-0.3, -0.25) is 0 Å². The SMILES string of the molecule is [NH-]c1ccc2cc3ccc(N)cc3nc2c1. The van der Waals surface area contributed by atoms with E-state index in [1.807, 2.05) is 24.3 Å². The van der Waals surface area contributed by atoms with Gasteiger partial charge in [0.15, 0.2) is 0 Å². The Balaban J connectivity index is 2.44. The maximum Gasteiger partial charge on any atom is 0.0730 e. The van der Waals surface area contributed by atoms with Crippen LogP contribution in [0.3, 0.4) is 0 Å². The van der Waals surface area contributed by atoms with Crippen LogP contribution < -0.4 is 5.73 Å². The molecule has 0 radical (unpaired) electrons. The maximum absolute atomic E-state index is 7.56. The summed E-state index contributed by atoms with van der Waals surface area (Å²) in [5, 5.41) is 2.12. The molecule has 3 N–H and O–H groups in total. The number of fused-ring (bicyclic) bond motifs is 2. The number of nitrogens with two attached hydrogens (primary N) is 1. The number of pyridine rings is 1. The second-order valence-corrected chi connectivity index (χ2v) is 3.85. The fourth-order valence-corrected chi connectivity index (χ4v) is 1.84. The van der Waals surface area contributed by atoms with E-state index < -0.39 is 0 Å². The Bertz CT molecular complexity index is 632. The molecule has 0 aliphatic heterocycles. The molecule has 0 spiro atoms. The summed E-state index contributed by atoms with van der Waals surface area (Å²) in [5.41, 5.74) is 16.2. The summed E-state index contributed by atoms with van der Waals surface area (Å²) in [5.74, 6) is 0. The molecule has 3 heteroatoms. The van der Waals surface area contributed by atoms with Crippen molar-refractivity contribution in [2.75, 3.05) is 5.73 Å². The predicted octanol–water partition coefficient (Wildman–Crippen LogP) is 3.65. The number of nitrogens with zero attached hydrogens (tertiary/aromatic N) is 1. The molecule has 0 bridgehead atoms. The average Bonchev–Trinajstić information content (AvgIpc) is 2.26. The van der Waals surface area contributed by atoms with Crippen molar-refractivity contribution in [1.82, 2.24) is 4.98 Å². The Morgan fingerprint density at radius 1 is 0.875 bits per heavy atom. The topological polar surface area (TPSA) is 62.7 Å². The Labute approximate surface area is 92.7 Å². The number of anilines is 1. The predicted molar refractivity (Wildman–Crippen MR) is 67.6 cm³/mol. The van der Waals surface area contributed by atoms with Crippen molar-refractivity contribution < 1.29 is 0 Å². The molecule has 16 heavy (non-hydrogen) atoms. The molecule has 0 fully saturated rings. The van der Waals surface area contributed by atoms with Gasteiger partial charge in [-0.15, -0.1) is 5.69 Å². The summed E-state index contributed by atoms with van der Waals surface area (Å²) < 4.78 is 0. The van der Waals surface area contributed by atoms with E-state index in [0.717, 1.165) is 21.8 Å². The van der Waals surface area contributed by atoms with Crippen molar-refractivity contribution in [3.63, 3.8) is 0 Å². The highest BCUT2D eigenvalue weighted by molar-refractivity contribution is 5.94. The molecule has 1 heterocycles. The number of nitrogens with one attached hydrogen (secondary N) is 1. The largest absolute Gasteiger partial charge is 0.699 e. The van der Waals surface area contributed by atoms with Crippen molar-refractivity contribution in [2.45, 2.75) is 0 Å². The molecule has 3 rings (SSSR count). The Kier molecular flexibility index (Phi) is 1.74. The van der Waals surface area contributed by atoms with Gasteiger partial charge < -0.3 is 11.5 Å². The van der Waals surface area contributed by atoms with Crippen LogP contribution in [0.1, 0.15) is 0 Å². The fourth-order valence-electron chi connectivity index (χ4n) is 1.84. The third-order valence-corrected chi connectivity index (χ3v) is 2.64. The number of rotatable bonds is 0. The Morgan fingerprint density at radius 3 is 2.38 bits per heavy atom. The molecular weight excluding hydrogens is 198 g/mol. The van der Waals surface area contributed by atoms with Gasteiger partial charge in [0.2, 0.25) is 0 Å². The molecule has 3 aromatic rings. The lowest BCUT2D eigenvalue weighted by atomic mass is 10.1. The molecule has 0 amide bonds. The highest BCUT2D eigenvalue weighted by atomic mass is 14.7. The summed E-state index contributed by atoms with van der Waals surface area (Å²) >= 11 is 0. The zero-order valence-electron chi connectivity index (χ0n) is 8.57. The Morgan fingerprint density at radius 2 is 1.56 bits per heavy atom. The van der Waals surface area contributed by atoms with Gasteiger partial charge in [-0.1, -0.05) is 24.3 Å². The van der Waals surface area contributed by atoms with Gasteiger partial charge in [0, 0.05) is 16.5 Å². The van der Waals surface area contributed by atoms with E-state index in [-0.39, 0.29) is 0 Å². The van der Waals surface area contributed by atoms with Crippen molar-refractivity contribution in [1.29, 1.82) is 0 Å². The zero-order chi connectivity index (χ0) is 11.1. The van der Waals surface area contributed by atoms with Gasteiger partial charge in [0.05, 0.1) is 11.0 Å². The molecule has 3 nitrogen and oxygen atoms in total. The first-order chi connectivity index (χ1) is 7.72. The summed E-state index contributed by atoms with van der Waals surface area (Å²) in [6.45, 7) is 0. The maximum atomic E-state index is 7.56. The van der Waals surface area contributed by atoms with Gasteiger partial charge in [-0.2, -0.15) is 0 Å². The van der Waals surface area contributed by atoms with Crippen LogP contribution in [0, 0.1) is 0 Å². The van der Waals surface area contributed by atoms with E-state index in [4.69, 9.17) is 11.5 Å². The molecule has 0 aliphatic carbocycles. The van der Waals surface area contributed by atoms with E-state index in [1.165, 1.54) is 0 Å². The minimum Gasteiger partial charge on any atom is -0.699 e. The first kappa shape index (κ1) is 8.97. The van der Waals surface area contributed by atoms with Crippen LogP contribution in [0.4, 0.5) is 11.4 Å². The number of hydrogen-bond donors (Lipinski definition) is 1. The standard InChI is InChI=1S/C13H10N3/c14-10-3-1-8-5-9-2-4-11(15)7-13(9)16-12(8)6-10/h1-7,14H,15H2/q-1. The van der Waals surface area contributed by atoms with Crippen LogP contribution >= 0.6 is 0 Å². The molecule has 2 aromatic carbocycles. The van der Waals surface area contributed by atoms with Gasteiger partial charge in [0.1, 0.15) is 0 Å². The third-order valence-electron chi connectivity index (χ3n) is 2.64. The van der Waals surface area contributed by atoms with Crippen LogP contribution in [0.2, 0.25) is 0 Å². The van der Waals surface area contributed by atoms with Crippen LogP contribution in [-0.2, 0) is 0 Å². The summed E-state index contributed by atoms with van der Waals surface area (Å²) in [7, 11) is 0. The van der Waals surface area contributed by atoms with Crippen LogP contribution in [0.25, 0.3) is 27.5 Å². The van der Waals surface area contributed by atoms with E-state index >= 15 is 0 Å². The van der Waals surface area contributed by atoms with Crippen molar-refractivity contribution >= 4 is 33.2 Å². The van der Waals surface area contributed by atoms with E-state index in [1.54, 1.807) is 12.1 Å². The lowest BCUT2D eigenvalue weighted by Crippen LogP contribution is -1.86. The molecule has 78 valence electrons. The average molecular weight is 208 g/mol. The first-order valence-corrected chi connectivity index (χ1v) is 5.04. The van der Waals surface area contributed by atoms with E-state index in [9.17, 15) is 0 Å². The molecule has 0 saturated heterocycles. The van der Waals surface area contributed by atoms with E-state index in [0.29, 0.717) is 11.4 Å². The van der Waals surface area contributed by atoms with Gasteiger partial charge in [-0.25, -0.2) is 4.98 Å².